The first-order valence-electron chi connectivity index (χ1n) is 9.40. The van der Waals surface area contributed by atoms with Crippen LogP contribution in [-0.2, 0) is 17.8 Å². The van der Waals surface area contributed by atoms with Gasteiger partial charge in [0.1, 0.15) is 11.5 Å². The van der Waals surface area contributed by atoms with Crippen LogP contribution in [0.1, 0.15) is 50.7 Å². The zero-order chi connectivity index (χ0) is 21.7. The summed E-state index contributed by atoms with van der Waals surface area (Å²) >= 11 is 0. The number of H-pyrrole nitrogens is 1. The summed E-state index contributed by atoms with van der Waals surface area (Å²) in [6.07, 6.45) is 0.694. The van der Waals surface area contributed by atoms with Crippen molar-refractivity contribution in [2.24, 2.45) is 0 Å². The van der Waals surface area contributed by atoms with Gasteiger partial charge in [-0.3, -0.25) is 4.79 Å². The molecule has 2 aromatic heterocycles. The molecule has 0 aliphatic carbocycles. The van der Waals surface area contributed by atoms with E-state index in [4.69, 9.17) is 18.7 Å². The highest BCUT2D eigenvalue weighted by Gasteiger charge is 2.22. The van der Waals surface area contributed by atoms with Crippen molar-refractivity contribution in [3.05, 3.63) is 58.5 Å². The Bertz CT molecular complexity index is 1040. The lowest BCUT2D eigenvalue weighted by Gasteiger charge is -2.07. The van der Waals surface area contributed by atoms with Crippen molar-refractivity contribution in [2.45, 2.75) is 33.8 Å². The van der Waals surface area contributed by atoms with Gasteiger partial charge in [0.15, 0.2) is 19.0 Å². The third-order valence-electron chi connectivity index (χ3n) is 4.49. The van der Waals surface area contributed by atoms with Crippen LogP contribution in [0, 0.1) is 13.8 Å². The van der Waals surface area contributed by atoms with Gasteiger partial charge in [0.2, 0.25) is 5.78 Å². The second-order valence-corrected chi connectivity index (χ2v) is 6.55. The SMILES string of the molecule is CCc1noc(COc2ccc(OCC(=O)c3[nH]c(C)c(C(=O)OC)c3C)cc2)n1. The maximum atomic E-state index is 12.5. The number of rotatable bonds is 9. The van der Waals surface area contributed by atoms with E-state index in [9.17, 15) is 9.59 Å². The average molecular weight is 413 g/mol. The van der Waals surface area contributed by atoms with Gasteiger partial charge in [0.05, 0.1) is 18.4 Å². The number of hydrogen-bond donors (Lipinski definition) is 1. The lowest BCUT2D eigenvalue weighted by molar-refractivity contribution is 0.0599. The molecule has 0 aliphatic rings. The minimum absolute atomic E-state index is 0.166. The Morgan fingerprint density at radius 3 is 2.37 bits per heavy atom. The van der Waals surface area contributed by atoms with E-state index in [1.165, 1.54) is 7.11 Å². The molecule has 0 saturated heterocycles. The molecule has 2 heterocycles. The summed E-state index contributed by atoms with van der Waals surface area (Å²) in [5.41, 5.74) is 1.83. The summed E-state index contributed by atoms with van der Waals surface area (Å²) in [5.74, 6) is 1.39. The van der Waals surface area contributed by atoms with E-state index in [1.54, 1.807) is 38.1 Å². The van der Waals surface area contributed by atoms with Gasteiger partial charge in [-0.05, 0) is 43.7 Å². The van der Waals surface area contributed by atoms with Gasteiger partial charge in [-0.25, -0.2) is 4.79 Å². The van der Waals surface area contributed by atoms with E-state index in [1.807, 2.05) is 6.92 Å². The number of nitrogens with zero attached hydrogens (tertiary/aromatic N) is 2. The predicted molar refractivity (Wildman–Crippen MR) is 106 cm³/mol. The number of aryl methyl sites for hydroxylation is 2. The van der Waals surface area contributed by atoms with Crippen LogP contribution in [0.15, 0.2) is 28.8 Å². The first kappa shape index (κ1) is 21.1. The van der Waals surface area contributed by atoms with Crippen molar-refractivity contribution >= 4 is 11.8 Å². The molecule has 0 unspecified atom stereocenters. The maximum Gasteiger partial charge on any atom is 0.339 e. The standard InChI is InChI=1S/C21H23N3O6/c1-5-17-23-18(30-24-17)11-29-15-8-6-14(7-9-15)28-10-16(25)20-12(2)19(13(3)22-20)21(26)27-4/h6-9,22H,5,10-11H2,1-4H3. The van der Waals surface area contributed by atoms with Crippen molar-refractivity contribution in [1.82, 2.24) is 15.1 Å². The second-order valence-electron chi connectivity index (χ2n) is 6.55. The number of aromatic amines is 1. The van der Waals surface area contributed by atoms with Crippen molar-refractivity contribution < 1.29 is 28.3 Å². The van der Waals surface area contributed by atoms with Gasteiger partial charge in [-0.15, -0.1) is 0 Å². The van der Waals surface area contributed by atoms with E-state index in [0.29, 0.717) is 52.1 Å². The summed E-state index contributed by atoms with van der Waals surface area (Å²) in [7, 11) is 1.30. The van der Waals surface area contributed by atoms with Gasteiger partial charge in [0, 0.05) is 12.1 Å². The predicted octanol–water partition coefficient (Wildman–Crippen LogP) is 3.20. The minimum Gasteiger partial charge on any atom is -0.485 e. The van der Waals surface area contributed by atoms with Gasteiger partial charge in [-0.1, -0.05) is 12.1 Å². The number of esters is 1. The molecular formula is C21H23N3O6. The molecule has 0 atom stereocenters. The zero-order valence-corrected chi connectivity index (χ0v) is 17.3. The highest BCUT2D eigenvalue weighted by molar-refractivity contribution is 6.02. The molecule has 0 bridgehead atoms. The van der Waals surface area contributed by atoms with Crippen LogP contribution in [0.3, 0.4) is 0 Å². The molecule has 1 aromatic carbocycles. The first-order valence-corrected chi connectivity index (χ1v) is 9.40. The van der Waals surface area contributed by atoms with E-state index >= 15 is 0 Å². The molecule has 3 aromatic rings. The van der Waals surface area contributed by atoms with Gasteiger partial charge < -0.3 is 23.7 Å². The van der Waals surface area contributed by atoms with Crippen molar-refractivity contribution in [1.29, 1.82) is 0 Å². The third kappa shape index (κ3) is 4.68. The highest BCUT2D eigenvalue weighted by atomic mass is 16.5. The first-order chi connectivity index (χ1) is 14.4. The summed E-state index contributed by atoms with van der Waals surface area (Å²) < 4.78 is 21.0. The van der Waals surface area contributed by atoms with Crippen LogP contribution < -0.4 is 9.47 Å². The largest absolute Gasteiger partial charge is 0.485 e. The Hall–Kier alpha value is -3.62. The second kappa shape index (κ2) is 9.25. The quantitative estimate of drug-likeness (QED) is 0.420. The fourth-order valence-electron chi connectivity index (χ4n) is 2.93. The number of ketones is 1. The fraction of sp³-hybridized carbons (Fsp3) is 0.333. The lowest BCUT2D eigenvalue weighted by Crippen LogP contribution is -2.13. The number of ether oxygens (including phenoxy) is 3. The molecule has 9 nitrogen and oxygen atoms in total. The number of carbonyl (C=O) groups is 2. The van der Waals surface area contributed by atoms with Gasteiger partial charge in [0.25, 0.3) is 5.89 Å². The van der Waals surface area contributed by atoms with Crippen LogP contribution >= 0.6 is 0 Å². The number of aromatic nitrogens is 3. The summed E-state index contributed by atoms with van der Waals surface area (Å²) in [6, 6.07) is 6.83. The summed E-state index contributed by atoms with van der Waals surface area (Å²) in [6.45, 7) is 5.34. The van der Waals surface area contributed by atoms with E-state index < -0.39 is 5.97 Å². The molecule has 3 rings (SSSR count). The maximum absolute atomic E-state index is 12.5. The molecule has 30 heavy (non-hydrogen) atoms. The van der Waals surface area contributed by atoms with Crippen LogP contribution in [0.2, 0.25) is 0 Å². The number of hydrogen-bond acceptors (Lipinski definition) is 8. The summed E-state index contributed by atoms with van der Waals surface area (Å²) in [5, 5.41) is 3.81. The number of nitrogens with one attached hydrogen (secondary N) is 1. The van der Waals surface area contributed by atoms with Gasteiger partial charge >= 0.3 is 5.97 Å². The van der Waals surface area contributed by atoms with Crippen molar-refractivity contribution in [2.75, 3.05) is 13.7 Å². The Morgan fingerprint density at radius 2 is 1.77 bits per heavy atom. The van der Waals surface area contributed by atoms with Gasteiger partial charge in [-0.2, -0.15) is 4.98 Å². The minimum atomic E-state index is -0.483. The molecule has 0 spiro atoms. The molecule has 0 saturated carbocycles. The molecule has 9 heteroatoms. The summed E-state index contributed by atoms with van der Waals surface area (Å²) in [4.78, 5) is 31.5. The molecule has 158 valence electrons. The van der Waals surface area contributed by atoms with Crippen molar-refractivity contribution in [3.63, 3.8) is 0 Å². The number of methoxy groups -OCH3 is 1. The van der Waals surface area contributed by atoms with Crippen LogP contribution in [0.25, 0.3) is 0 Å². The smallest absolute Gasteiger partial charge is 0.339 e. The monoisotopic (exact) mass is 413 g/mol. The number of Topliss-reactive ketones (excluding diaryl/α,β-unsaturated/α-hetero) is 1. The normalized spacial score (nSPS) is 10.7. The van der Waals surface area contributed by atoms with Crippen LogP contribution in [-0.4, -0.2) is 40.6 Å². The molecule has 0 aliphatic heterocycles. The fourth-order valence-corrected chi connectivity index (χ4v) is 2.93. The number of benzene rings is 1. The van der Waals surface area contributed by atoms with Crippen LogP contribution in [0.5, 0.6) is 11.5 Å². The average Bonchev–Trinajstić information content (AvgIpc) is 3.34. The van der Waals surface area contributed by atoms with Crippen molar-refractivity contribution in [3.8, 4) is 11.5 Å². The van der Waals surface area contributed by atoms with E-state index in [0.717, 1.165) is 0 Å². The Labute approximate surface area is 173 Å². The Morgan fingerprint density at radius 1 is 1.10 bits per heavy atom. The van der Waals surface area contributed by atoms with Crippen LogP contribution in [0.4, 0.5) is 0 Å². The van der Waals surface area contributed by atoms with E-state index in [-0.39, 0.29) is 19.0 Å². The molecular weight excluding hydrogens is 390 g/mol. The molecule has 0 radical (unpaired) electrons. The highest BCUT2D eigenvalue weighted by Crippen LogP contribution is 2.21. The number of carbonyl (C=O) groups excluding carboxylic acids is 2. The third-order valence-corrected chi connectivity index (χ3v) is 4.49. The lowest BCUT2D eigenvalue weighted by atomic mass is 10.1. The molecule has 0 fully saturated rings. The zero-order valence-electron chi connectivity index (χ0n) is 17.3. The van der Waals surface area contributed by atoms with E-state index in [2.05, 4.69) is 15.1 Å². The Balaban J connectivity index is 1.56. The molecule has 1 N–H and O–H groups in total. The Kier molecular flexibility index (Phi) is 6.51. The topological polar surface area (TPSA) is 117 Å². The molecule has 0 amide bonds.